The second-order valence-corrected chi connectivity index (χ2v) is 8.67. The highest BCUT2D eigenvalue weighted by Crippen LogP contribution is 2.27. The molecule has 0 aromatic heterocycles. The summed E-state index contributed by atoms with van der Waals surface area (Å²) in [5, 5.41) is 12.0. The van der Waals surface area contributed by atoms with E-state index in [2.05, 4.69) is 22.3 Å². The van der Waals surface area contributed by atoms with E-state index in [-0.39, 0.29) is 49.1 Å². The minimum absolute atomic E-state index is 0. The van der Waals surface area contributed by atoms with Crippen molar-refractivity contribution in [3.05, 3.63) is 35.9 Å². The molecule has 142 valence electrons. The first kappa shape index (κ1) is 21.9. The van der Waals surface area contributed by atoms with Crippen molar-refractivity contribution in [3.63, 3.8) is 0 Å². The van der Waals surface area contributed by atoms with Gasteiger partial charge in [-0.1, -0.05) is 30.3 Å². The zero-order chi connectivity index (χ0) is 17.6. The number of carbonyl (C=O) groups excluding carboxylic acids is 1. The Morgan fingerprint density at radius 3 is 2.56 bits per heavy atom. The Kier molecular flexibility index (Phi) is 8.85. The average molecular weight is 391 g/mol. The molecule has 2 N–H and O–H groups in total. The van der Waals surface area contributed by atoms with Crippen LogP contribution in [0.25, 0.3) is 0 Å². The van der Waals surface area contributed by atoms with E-state index >= 15 is 0 Å². The number of aliphatic hydroxyl groups excluding tert-OH is 1. The molecule has 0 radical (unpaired) electrons. The molecule has 1 heterocycles. The Balaban J connectivity index is 0.00000312. The van der Waals surface area contributed by atoms with Crippen molar-refractivity contribution < 1.29 is 18.3 Å². The fourth-order valence-corrected chi connectivity index (χ4v) is 3.66. The SMILES string of the molecule is CS(=O)(=O)CCC(=O)N[C@H]1CN(CCCO)C[C@@H]1c1ccccc1.Cl. The molecule has 0 unspecified atom stereocenters. The van der Waals surface area contributed by atoms with E-state index in [1.165, 1.54) is 0 Å². The topological polar surface area (TPSA) is 86.7 Å². The molecule has 0 saturated carbocycles. The number of hydrogen-bond acceptors (Lipinski definition) is 5. The molecule has 2 atom stereocenters. The maximum atomic E-state index is 12.1. The molecule has 25 heavy (non-hydrogen) atoms. The molecule has 1 aliphatic heterocycles. The second-order valence-electron chi connectivity index (χ2n) is 6.41. The fraction of sp³-hybridized carbons (Fsp3) is 0.588. The van der Waals surface area contributed by atoms with Crippen molar-refractivity contribution in [1.82, 2.24) is 10.2 Å². The lowest BCUT2D eigenvalue weighted by molar-refractivity contribution is -0.121. The van der Waals surface area contributed by atoms with Gasteiger partial charge in [0.15, 0.2) is 0 Å². The number of likely N-dealkylation sites (tertiary alicyclic amines) is 1. The molecule has 1 saturated heterocycles. The van der Waals surface area contributed by atoms with Crippen molar-refractivity contribution in [2.24, 2.45) is 0 Å². The molecule has 0 spiro atoms. The number of rotatable bonds is 8. The van der Waals surface area contributed by atoms with Gasteiger partial charge in [-0.2, -0.15) is 0 Å². The van der Waals surface area contributed by atoms with Gasteiger partial charge in [0.1, 0.15) is 9.84 Å². The van der Waals surface area contributed by atoms with E-state index in [1.54, 1.807) is 0 Å². The first-order chi connectivity index (χ1) is 11.4. The normalized spacial score (nSPS) is 20.9. The highest BCUT2D eigenvalue weighted by atomic mass is 35.5. The van der Waals surface area contributed by atoms with Crippen molar-refractivity contribution in [1.29, 1.82) is 0 Å². The number of sulfone groups is 1. The number of halogens is 1. The standard InChI is InChI=1S/C17H26N2O4S.ClH/c1-24(22,23)11-8-17(21)18-16-13-19(9-5-10-20)12-15(16)14-6-3-2-4-7-14;/h2-4,6-7,15-16,20H,5,8-13H2,1H3,(H,18,21);1H/t15-,16+;/m1./s1. The van der Waals surface area contributed by atoms with Crippen LogP contribution in [0.1, 0.15) is 24.3 Å². The number of aliphatic hydroxyl groups is 1. The minimum atomic E-state index is -3.14. The van der Waals surface area contributed by atoms with Gasteiger partial charge in [-0.25, -0.2) is 8.42 Å². The summed E-state index contributed by atoms with van der Waals surface area (Å²) in [6, 6.07) is 9.98. The molecule has 1 amide bonds. The summed E-state index contributed by atoms with van der Waals surface area (Å²) >= 11 is 0. The Labute approximate surface area is 155 Å². The first-order valence-electron chi connectivity index (χ1n) is 8.24. The van der Waals surface area contributed by atoms with E-state index in [9.17, 15) is 13.2 Å². The van der Waals surface area contributed by atoms with Gasteiger partial charge in [0, 0.05) is 50.9 Å². The van der Waals surface area contributed by atoms with Crippen LogP contribution in [0, 0.1) is 0 Å². The Bertz CT molecular complexity index is 639. The van der Waals surface area contributed by atoms with E-state index in [0.717, 1.165) is 24.9 Å². The third-order valence-corrected chi connectivity index (χ3v) is 5.25. The van der Waals surface area contributed by atoms with Gasteiger partial charge >= 0.3 is 0 Å². The summed E-state index contributed by atoms with van der Waals surface area (Å²) in [5.41, 5.74) is 1.16. The molecule has 2 rings (SSSR count). The molecule has 1 aromatic rings. The summed E-state index contributed by atoms with van der Waals surface area (Å²) in [6.45, 7) is 2.47. The Hall–Kier alpha value is -1.15. The number of amides is 1. The zero-order valence-corrected chi connectivity index (χ0v) is 16.1. The number of benzene rings is 1. The van der Waals surface area contributed by atoms with E-state index in [1.807, 2.05) is 18.2 Å². The summed E-state index contributed by atoms with van der Waals surface area (Å²) in [4.78, 5) is 14.3. The van der Waals surface area contributed by atoms with Crippen LogP contribution in [0.4, 0.5) is 0 Å². The smallest absolute Gasteiger partial charge is 0.221 e. The zero-order valence-electron chi connectivity index (χ0n) is 14.4. The molecule has 8 heteroatoms. The predicted molar refractivity (Wildman–Crippen MR) is 101 cm³/mol. The second kappa shape index (κ2) is 10.1. The molecule has 0 aliphatic carbocycles. The van der Waals surface area contributed by atoms with Crippen LogP contribution in [0.15, 0.2) is 30.3 Å². The van der Waals surface area contributed by atoms with E-state index in [0.29, 0.717) is 13.0 Å². The summed E-state index contributed by atoms with van der Waals surface area (Å²) in [7, 11) is -3.14. The largest absolute Gasteiger partial charge is 0.396 e. The quantitative estimate of drug-likeness (QED) is 0.686. The maximum Gasteiger partial charge on any atom is 0.221 e. The number of nitrogens with zero attached hydrogens (tertiary/aromatic N) is 1. The van der Waals surface area contributed by atoms with Crippen LogP contribution in [0.5, 0.6) is 0 Å². The van der Waals surface area contributed by atoms with Crippen molar-refractivity contribution in [3.8, 4) is 0 Å². The predicted octanol–water partition coefficient (Wildman–Crippen LogP) is 0.810. The van der Waals surface area contributed by atoms with Crippen LogP contribution in [-0.2, 0) is 14.6 Å². The van der Waals surface area contributed by atoms with Crippen molar-refractivity contribution >= 4 is 28.2 Å². The first-order valence-corrected chi connectivity index (χ1v) is 10.3. The Morgan fingerprint density at radius 2 is 1.96 bits per heavy atom. The maximum absolute atomic E-state index is 12.1. The van der Waals surface area contributed by atoms with Crippen LogP contribution >= 0.6 is 12.4 Å². The van der Waals surface area contributed by atoms with Gasteiger partial charge in [-0.3, -0.25) is 4.79 Å². The summed E-state index contributed by atoms with van der Waals surface area (Å²) < 4.78 is 22.4. The number of carbonyl (C=O) groups is 1. The number of hydrogen-bond donors (Lipinski definition) is 2. The lowest BCUT2D eigenvalue weighted by Gasteiger charge is -2.20. The van der Waals surface area contributed by atoms with Crippen molar-refractivity contribution in [2.45, 2.75) is 24.8 Å². The molecule has 6 nitrogen and oxygen atoms in total. The van der Waals surface area contributed by atoms with E-state index in [4.69, 9.17) is 5.11 Å². The monoisotopic (exact) mass is 390 g/mol. The van der Waals surface area contributed by atoms with Gasteiger partial charge in [0.2, 0.25) is 5.91 Å². The summed E-state index contributed by atoms with van der Waals surface area (Å²) in [6.07, 6.45) is 1.84. The molecule has 1 aromatic carbocycles. The highest BCUT2D eigenvalue weighted by molar-refractivity contribution is 7.90. The van der Waals surface area contributed by atoms with Gasteiger partial charge in [-0.15, -0.1) is 12.4 Å². The third-order valence-electron chi connectivity index (χ3n) is 4.30. The fourth-order valence-electron chi connectivity index (χ4n) is 3.10. The van der Waals surface area contributed by atoms with Crippen LogP contribution in [-0.4, -0.2) is 68.6 Å². The lowest BCUT2D eigenvalue weighted by Crippen LogP contribution is -2.40. The van der Waals surface area contributed by atoms with Crippen molar-refractivity contribution in [2.75, 3.05) is 38.2 Å². The molecule has 1 aliphatic rings. The third kappa shape index (κ3) is 7.32. The molecular formula is C17H27ClN2O4S. The number of nitrogens with one attached hydrogen (secondary N) is 1. The summed E-state index contributed by atoms with van der Waals surface area (Å²) in [5.74, 6) is -0.182. The lowest BCUT2D eigenvalue weighted by atomic mass is 9.94. The van der Waals surface area contributed by atoms with Crippen LogP contribution < -0.4 is 5.32 Å². The molecule has 0 bridgehead atoms. The van der Waals surface area contributed by atoms with Crippen LogP contribution in [0.2, 0.25) is 0 Å². The highest BCUT2D eigenvalue weighted by Gasteiger charge is 2.34. The van der Waals surface area contributed by atoms with Crippen LogP contribution in [0.3, 0.4) is 0 Å². The van der Waals surface area contributed by atoms with Gasteiger partial charge in [0.05, 0.1) is 5.75 Å². The average Bonchev–Trinajstić information content (AvgIpc) is 2.94. The molecule has 1 fully saturated rings. The van der Waals surface area contributed by atoms with E-state index < -0.39 is 9.84 Å². The molecular weight excluding hydrogens is 364 g/mol. The Morgan fingerprint density at radius 1 is 1.28 bits per heavy atom. The van der Waals surface area contributed by atoms with Gasteiger partial charge in [0.25, 0.3) is 0 Å². The van der Waals surface area contributed by atoms with Gasteiger partial charge in [-0.05, 0) is 12.0 Å². The van der Waals surface area contributed by atoms with Gasteiger partial charge < -0.3 is 15.3 Å². The minimum Gasteiger partial charge on any atom is -0.396 e.